The number of hydrogen-bond acceptors (Lipinski definition) is 5. The van der Waals surface area contributed by atoms with Gasteiger partial charge in [0.2, 0.25) is 5.88 Å². The summed E-state index contributed by atoms with van der Waals surface area (Å²) in [7, 11) is 0. The van der Waals surface area contributed by atoms with Gasteiger partial charge in [-0.2, -0.15) is 13.2 Å². The number of rotatable bonds is 5. The highest BCUT2D eigenvalue weighted by molar-refractivity contribution is 7.20. The fourth-order valence-electron chi connectivity index (χ4n) is 2.94. The van der Waals surface area contributed by atoms with Gasteiger partial charge in [0.15, 0.2) is 0 Å². The van der Waals surface area contributed by atoms with Gasteiger partial charge in [-0.15, -0.1) is 11.3 Å². The van der Waals surface area contributed by atoms with Gasteiger partial charge < -0.3 is 10.1 Å². The number of benzene rings is 1. The lowest BCUT2D eigenvalue weighted by molar-refractivity contribution is -0.140. The van der Waals surface area contributed by atoms with E-state index in [2.05, 4.69) is 15.3 Å². The van der Waals surface area contributed by atoms with E-state index in [1.54, 1.807) is 19.1 Å². The Labute approximate surface area is 183 Å². The zero-order valence-electron chi connectivity index (χ0n) is 16.5. The second-order valence-electron chi connectivity index (χ2n) is 6.85. The molecule has 0 fully saturated rings. The van der Waals surface area contributed by atoms with Gasteiger partial charge >= 0.3 is 6.18 Å². The highest BCUT2D eigenvalue weighted by Crippen LogP contribution is 2.34. The fourth-order valence-corrected chi connectivity index (χ4v) is 4.03. The molecule has 0 aliphatic heterocycles. The summed E-state index contributed by atoms with van der Waals surface area (Å²) in [4.78, 5) is 20.9. The molecule has 4 aromatic rings. The largest absolute Gasteiger partial charge is 0.439 e. The van der Waals surface area contributed by atoms with Crippen molar-refractivity contribution in [2.24, 2.45) is 0 Å². The van der Waals surface area contributed by atoms with E-state index in [0.29, 0.717) is 33.0 Å². The Hall–Kier alpha value is -3.53. The van der Waals surface area contributed by atoms with E-state index in [1.807, 2.05) is 0 Å². The number of alkyl halides is 3. The maximum absolute atomic E-state index is 12.9. The summed E-state index contributed by atoms with van der Waals surface area (Å²) in [6.07, 6.45) is -3.03. The van der Waals surface area contributed by atoms with Crippen molar-refractivity contribution in [3.63, 3.8) is 0 Å². The Kier molecular flexibility index (Phi) is 5.79. The second kappa shape index (κ2) is 8.54. The first-order chi connectivity index (χ1) is 15.2. The number of hydrogen-bond donors (Lipinski definition) is 1. The molecule has 10 heteroatoms. The van der Waals surface area contributed by atoms with Crippen LogP contribution in [0, 0.1) is 12.7 Å². The molecule has 0 spiro atoms. The Morgan fingerprint density at radius 1 is 1.09 bits per heavy atom. The molecule has 4 rings (SSSR count). The fraction of sp³-hybridized carbons (Fsp3) is 0.136. The van der Waals surface area contributed by atoms with E-state index in [-0.39, 0.29) is 17.2 Å². The molecule has 0 radical (unpaired) electrons. The van der Waals surface area contributed by atoms with E-state index in [9.17, 15) is 22.4 Å². The Morgan fingerprint density at radius 3 is 2.50 bits per heavy atom. The molecule has 0 bridgehead atoms. The molecule has 0 saturated carbocycles. The molecule has 3 heterocycles. The SMILES string of the molecule is Cc1c(C(=O)NCc2ccc(Oc3ccc(F)cc3)nc2)sc2nc(C(F)(F)F)ccc12. The highest BCUT2D eigenvalue weighted by Gasteiger charge is 2.33. The van der Waals surface area contributed by atoms with Crippen LogP contribution in [0.3, 0.4) is 0 Å². The minimum Gasteiger partial charge on any atom is -0.439 e. The second-order valence-corrected chi connectivity index (χ2v) is 7.85. The average Bonchev–Trinajstić information content (AvgIpc) is 3.10. The van der Waals surface area contributed by atoms with Crippen molar-refractivity contribution >= 4 is 27.5 Å². The predicted octanol–water partition coefficient (Wildman–Crippen LogP) is 5.88. The third-order valence-electron chi connectivity index (χ3n) is 4.59. The molecule has 0 saturated heterocycles. The van der Waals surface area contributed by atoms with Gasteiger partial charge in [-0.3, -0.25) is 4.79 Å². The summed E-state index contributed by atoms with van der Waals surface area (Å²) in [6, 6.07) is 11.1. The van der Waals surface area contributed by atoms with Gasteiger partial charge in [0.25, 0.3) is 5.91 Å². The van der Waals surface area contributed by atoms with Crippen LogP contribution in [0.15, 0.2) is 54.7 Å². The van der Waals surface area contributed by atoms with Crippen molar-refractivity contribution in [3.8, 4) is 11.6 Å². The van der Waals surface area contributed by atoms with Crippen LogP contribution in [0.4, 0.5) is 17.6 Å². The first-order valence-corrected chi connectivity index (χ1v) is 10.2. The zero-order chi connectivity index (χ0) is 22.9. The molecule has 0 unspecified atom stereocenters. The maximum Gasteiger partial charge on any atom is 0.433 e. The number of aryl methyl sites for hydroxylation is 1. The maximum atomic E-state index is 12.9. The first kappa shape index (κ1) is 21.7. The molecule has 0 aliphatic carbocycles. The highest BCUT2D eigenvalue weighted by atomic mass is 32.1. The van der Waals surface area contributed by atoms with E-state index in [1.165, 1.54) is 36.5 Å². The molecular weight excluding hydrogens is 446 g/mol. The van der Waals surface area contributed by atoms with Crippen molar-refractivity contribution < 1.29 is 27.1 Å². The predicted molar refractivity (Wildman–Crippen MR) is 111 cm³/mol. The summed E-state index contributed by atoms with van der Waals surface area (Å²) in [5, 5.41) is 3.25. The van der Waals surface area contributed by atoms with E-state index in [4.69, 9.17) is 4.74 Å². The van der Waals surface area contributed by atoms with Crippen LogP contribution in [0.5, 0.6) is 11.6 Å². The minimum absolute atomic E-state index is 0.159. The van der Waals surface area contributed by atoms with Crippen molar-refractivity contribution in [2.45, 2.75) is 19.6 Å². The number of nitrogens with one attached hydrogen (secondary N) is 1. The van der Waals surface area contributed by atoms with Crippen molar-refractivity contribution in [2.75, 3.05) is 0 Å². The number of pyridine rings is 2. The number of carbonyl (C=O) groups excluding carboxylic acids is 1. The lowest BCUT2D eigenvalue weighted by atomic mass is 10.1. The molecule has 32 heavy (non-hydrogen) atoms. The molecule has 1 N–H and O–H groups in total. The molecule has 1 aromatic carbocycles. The number of thiophene rings is 1. The number of fused-ring (bicyclic) bond motifs is 1. The monoisotopic (exact) mass is 461 g/mol. The summed E-state index contributed by atoms with van der Waals surface area (Å²) in [6.45, 7) is 1.84. The normalized spacial score (nSPS) is 11.5. The Morgan fingerprint density at radius 2 is 1.84 bits per heavy atom. The lowest BCUT2D eigenvalue weighted by Gasteiger charge is -2.07. The van der Waals surface area contributed by atoms with Gasteiger partial charge in [0.05, 0.1) is 4.88 Å². The number of nitrogens with zero attached hydrogens (tertiary/aromatic N) is 2. The van der Waals surface area contributed by atoms with Crippen molar-refractivity contribution in [1.29, 1.82) is 0 Å². The average molecular weight is 461 g/mol. The van der Waals surface area contributed by atoms with Crippen LogP contribution in [0.2, 0.25) is 0 Å². The lowest BCUT2D eigenvalue weighted by Crippen LogP contribution is -2.22. The quantitative estimate of drug-likeness (QED) is 0.377. The van der Waals surface area contributed by atoms with Crippen molar-refractivity contribution in [1.82, 2.24) is 15.3 Å². The number of halogens is 4. The van der Waals surface area contributed by atoms with Crippen LogP contribution in [-0.2, 0) is 12.7 Å². The molecular formula is C22H15F4N3O2S. The van der Waals surface area contributed by atoms with Gasteiger partial charge in [-0.25, -0.2) is 14.4 Å². The van der Waals surface area contributed by atoms with Crippen LogP contribution < -0.4 is 10.1 Å². The summed E-state index contributed by atoms with van der Waals surface area (Å²) in [5.74, 6) is -0.0476. The Balaban J connectivity index is 1.42. The summed E-state index contributed by atoms with van der Waals surface area (Å²) < 4.78 is 57.1. The number of ether oxygens (including phenoxy) is 1. The number of carbonyl (C=O) groups is 1. The molecule has 0 atom stereocenters. The van der Waals surface area contributed by atoms with Crippen LogP contribution >= 0.6 is 11.3 Å². The van der Waals surface area contributed by atoms with E-state index < -0.39 is 17.8 Å². The van der Waals surface area contributed by atoms with Crippen LogP contribution in [-0.4, -0.2) is 15.9 Å². The van der Waals surface area contributed by atoms with Crippen LogP contribution in [0.25, 0.3) is 10.2 Å². The number of amides is 1. The smallest absolute Gasteiger partial charge is 0.433 e. The van der Waals surface area contributed by atoms with E-state index in [0.717, 1.165) is 17.4 Å². The van der Waals surface area contributed by atoms with Gasteiger partial charge in [-0.1, -0.05) is 6.07 Å². The van der Waals surface area contributed by atoms with Crippen molar-refractivity contribution in [3.05, 3.63) is 82.2 Å². The molecule has 5 nitrogen and oxygen atoms in total. The summed E-state index contributed by atoms with van der Waals surface area (Å²) in [5.41, 5.74) is 0.276. The first-order valence-electron chi connectivity index (χ1n) is 9.34. The van der Waals surface area contributed by atoms with Gasteiger partial charge in [-0.05, 0) is 54.4 Å². The summed E-state index contributed by atoms with van der Waals surface area (Å²) >= 11 is 0.917. The van der Waals surface area contributed by atoms with E-state index >= 15 is 0 Å². The number of aromatic nitrogens is 2. The third kappa shape index (κ3) is 4.70. The third-order valence-corrected chi connectivity index (χ3v) is 5.79. The molecule has 0 aliphatic rings. The van der Waals surface area contributed by atoms with Gasteiger partial charge in [0, 0.05) is 24.2 Å². The van der Waals surface area contributed by atoms with Gasteiger partial charge in [0.1, 0.15) is 22.1 Å². The van der Waals surface area contributed by atoms with Crippen LogP contribution in [0.1, 0.15) is 26.5 Å². The zero-order valence-corrected chi connectivity index (χ0v) is 17.4. The standard InChI is InChI=1S/C22H15F4N3O2S/c1-12-16-7-8-17(22(24,25)26)29-21(16)32-19(12)20(30)28-11-13-2-9-18(27-10-13)31-15-5-3-14(23)4-6-15/h2-10H,11H2,1H3,(H,28,30). The molecule has 164 valence electrons. The Bertz CT molecular complexity index is 1270. The minimum atomic E-state index is -4.55. The molecule has 3 aromatic heterocycles. The molecule has 1 amide bonds. The topological polar surface area (TPSA) is 64.1 Å².